The Labute approximate surface area is 200 Å². The first-order chi connectivity index (χ1) is 16.2. The lowest BCUT2D eigenvalue weighted by Crippen LogP contribution is -2.45. The highest BCUT2D eigenvalue weighted by Crippen LogP contribution is 2.45. The molecule has 1 heterocycles. The van der Waals surface area contributed by atoms with Crippen LogP contribution in [0.1, 0.15) is 52.9 Å². The van der Waals surface area contributed by atoms with Gasteiger partial charge in [0.2, 0.25) is 0 Å². The standard InChI is InChI=1S/C25H35NO8/c1-6-33-23(29)25(24(30)34-7-2)11-10-17(3)19(16-25)20(26-12-8-9-13-26)14-18(22(28)32-5)15-21(27)31-4/h14-15H,6-13,16H2,1-5H3/b18-15-,20-14-. The van der Waals surface area contributed by atoms with Crippen LogP contribution in [-0.4, -0.2) is 69.3 Å². The normalized spacial score (nSPS) is 18.4. The molecule has 0 unspecified atom stereocenters. The first-order valence-corrected chi connectivity index (χ1v) is 11.6. The fraction of sp³-hybridized carbons (Fsp3) is 0.600. The molecular weight excluding hydrogens is 442 g/mol. The van der Waals surface area contributed by atoms with Gasteiger partial charge in [-0.1, -0.05) is 5.57 Å². The third kappa shape index (κ3) is 6.07. The van der Waals surface area contributed by atoms with Crippen LogP contribution in [0.15, 0.2) is 34.6 Å². The van der Waals surface area contributed by atoms with E-state index in [9.17, 15) is 19.2 Å². The molecule has 0 spiro atoms. The molecule has 0 aromatic carbocycles. The molecule has 1 saturated heterocycles. The Balaban J connectivity index is 2.65. The molecule has 9 heteroatoms. The fourth-order valence-corrected chi connectivity index (χ4v) is 4.31. The number of likely N-dealkylation sites (tertiary alicyclic amines) is 1. The van der Waals surface area contributed by atoms with Crippen molar-refractivity contribution in [1.82, 2.24) is 4.90 Å². The number of rotatable bonds is 9. The van der Waals surface area contributed by atoms with Crippen molar-refractivity contribution in [2.75, 3.05) is 40.5 Å². The predicted octanol–water partition coefficient (Wildman–Crippen LogP) is 2.85. The second-order valence-corrected chi connectivity index (χ2v) is 8.30. The summed E-state index contributed by atoms with van der Waals surface area (Å²) in [4.78, 5) is 52.6. The molecule has 0 N–H and O–H groups in total. The predicted molar refractivity (Wildman–Crippen MR) is 123 cm³/mol. The highest BCUT2D eigenvalue weighted by atomic mass is 16.6. The van der Waals surface area contributed by atoms with E-state index in [0.717, 1.165) is 43.2 Å². The number of carbonyl (C=O) groups is 4. The second-order valence-electron chi connectivity index (χ2n) is 8.30. The summed E-state index contributed by atoms with van der Waals surface area (Å²) in [7, 11) is 2.45. The number of allylic oxidation sites excluding steroid dienone is 2. The highest BCUT2D eigenvalue weighted by molar-refractivity contribution is 6.01. The van der Waals surface area contributed by atoms with Crippen molar-refractivity contribution in [1.29, 1.82) is 0 Å². The summed E-state index contributed by atoms with van der Waals surface area (Å²) in [6.45, 7) is 7.08. The van der Waals surface area contributed by atoms with Crippen LogP contribution in [0.25, 0.3) is 0 Å². The van der Waals surface area contributed by atoms with Gasteiger partial charge in [0.25, 0.3) is 0 Å². The monoisotopic (exact) mass is 477 g/mol. The third-order valence-corrected chi connectivity index (χ3v) is 6.20. The van der Waals surface area contributed by atoms with Crippen molar-refractivity contribution in [3.8, 4) is 0 Å². The van der Waals surface area contributed by atoms with E-state index in [2.05, 4.69) is 4.90 Å². The molecular formula is C25H35NO8. The molecule has 0 atom stereocenters. The van der Waals surface area contributed by atoms with Crippen LogP contribution in [0, 0.1) is 5.41 Å². The Bertz CT molecular complexity index is 875. The van der Waals surface area contributed by atoms with Gasteiger partial charge in [-0.3, -0.25) is 9.59 Å². The SMILES string of the molecule is CCOC(=O)C1(C(=O)OCC)CCC(C)=C(/C(=C/C(=C/C(=O)OC)C(=O)OC)N2CCCC2)C1. The number of ether oxygens (including phenoxy) is 4. The van der Waals surface area contributed by atoms with Gasteiger partial charge in [0, 0.05) is 31.3 Å². The third-order valence-electron chi connectivity index (χ3n) is 6.20. The van der Waals surface area contributed by atoms with Gasteiger partial charge in [-0.15, -0.1) is 0 Å². The lowest BCUT2D eigenvalue weighted by molar-refractivity contribution is -0.173. The van der Waals surface area contributed by atoms with Crippen LogP contribution in [0.3, 0.4) is 0 Å². The van der Waals surface area contributed by atoms with Gasteiger partial charge in [0.15, 0.2) is 5.41 Å². The van der Waals surface area contributed by atoms with E-state index in [1.54, 1.807) is 19.9 Å². The van der Waals surface area contributed by atoms with Crippen LogP contribution in [-0.2, 0) is 38.1 Å². The number of carbonyl (C=O) groups excluding carboxylic acids is 4. The largest absolute Gasteiger partial charge is 0.466 e. The number of hydrogen-bond acceptors (Lipinski definition) is 9. The molecule has 9 nitrogen and oxygen atoms in total. The summed E-state index contributed by atoms with van der Waals surface area (Å²) in [6.07, 6.45) is 5.40. The van der Waals surface area contributed by atoms with E-state index in [1.165, 1.54) is 14.2 Å². The lowest BCUT2D eigenvalue weighted by Gasteiger charge is -2.37. The summed E-state index contributed by atoms with van der Waals surface area (Å²) in [5, 5.41) is 0. The summed E-state index contributed by atoms with van der Waals surface area (Å²) in [5.74, 6) is -2.62. The molecule has 0 bridgehead atoms. The Morgan fingerprint density at radius 2 is 1.53 bits per heavy atom. The van der Waals surface area contributed by atoms with Crippen molar-refractivity contribution in [2.45, 2.75) is 52.9 Å². The Kier molecular flexibility index (Phi) is 9.89. The summed E-state index contributed by atoms with van der Waals surface area (Å²) in [6, 6.07) is 0. The van der Waals surface area contributed by atoms with Crippen molar-refractivity contribution in [2.24, 2.45) is 5.41 Å². The number of esters is 4. The number of nitrogens with zero attached hydrogens (tertiary/aromatic N) is 1. The maximum atomic E-state index is 13.1. The van der Waals surface area contributed by atoms with Gasteiger partial charge in [0.1, 0.15) is 0 Å². The van der Waals surface area contributed by atoms with Crippen molar-refractivity contribution in [3.05, 3.63) is 34.6 Å². The molecule has 2 aliphatic rings. The van der Waals surface area contributed by atoms with Crippen molar-refractivity contribution < 1.29 is 38.1 Å². The van der Waals surface area contributed by atoms with Crippen LogP contribution >= 0.6 is 0 Å². The zero-order valence-corrected chi connectivity index (χ0v) is 20.7. The van der Waals surface area contributed by atoms with Gasteiger partial charge < -0.3 is 23.8 Å². The number of hydrogen-bond donors (Lipinski definition) is 0. The Morgan fingerprint density at radius 1 is 0.941 bits per heavy atom. The minimum absolute atomic E-state index is 0.0139. The van der Waals surface area contributed by atoms with Crippen LogP contribution in [0.4, 0.5) is 0 Å². The van der Waals surface area contributed by atoms with Crippen molar-refractivity contribution in [3.63, 3.8) is 0 Å². The van der Waals surface area contributed by atoms with Gasteiger partial charge in [-0.2, -0.15) is 0 Å². The van der Waals surface area contributed by atoms with Crippen LogP contribution in [0.5, 0.6) is 0 Å². The van der Waals surface area contributed by atoms with E-state index in [-0.39, 0.29) is 31.6 Å². The quantitative estimate of drug-likeness (QED) is 0.163. The maximum absolute atomic E-state index is 13.1. The lowest BCUT2D eigenvalue weighted by atomic mass is 9.70. The van der Waals surface area contributed by atoms with E-state index < -0.39 is 29.3 Å². The molecule has 34 heavy (non-hydrogen) atoms. The van der Waals surface area contributed by atoms with Gasteiger partial charge in [0.05, 0.1) is 33.0 Å². The zero-order valence-electron chi connectivity index (χ0n) is 20.7. The maximum Gasteiger partial charge on any atom is 0.338 e. The average molecular weight is 478 g/mol. The summed E-state index contributed by atoms with van der Waals surface area (Å²) in [5.41, 5.74) is 0.962. The summed E-state index contributed by atoms with van der Waals surface area (Å²) < 4.78 is 20.2. The molecule has 1 aliphatic carbocycles. The van der Waals surface area contributed by atoms with Crippen molar-refractivity contribution >= 4 is 23.9 Å². The fourth-order valence-electron chi connectivity index (χ4n) is 4.31. The van der Waals surface area contributed by atoms with Crippen LogP contribution in [0.2, 0.25) is 0 Å². The highest BCUT2D eigenvalue weighted by Gasteiger charge is 2.51. The van der Waals surface area contributed by atoms with Gasteiger partial charge in [-0.25, -0.2) is 9.59 Å². The molecule has 188 valence electrons. The van der Waals surface area contributed by atoms with E-state index in [4.69, 9.17) is 18.9 Å². The Hall–Kier alpha value is -3.10. The molecule has 0 saturated carbocycles. The van der Waals surface area contributed by atoms with E-state index >= 15 is 0 Å². The summed E-state index contributed by atoms with van der Waals surface area (Å²) >= 11 is 0. The zero-order chi connectivity index (χ0) is 25.3. The molecule has 0 aromatic rings. The molecule has 0 amide bonds. The Morgan fingerprint density at radius 3 is 2.03 bits per heavy atom. The first-order valence-electron chi connectivity index (χ1n) is 11.6. The topological polar surface area (TPSA) is 108 Å². The van der Waals surface area contributed by atoms with E-state index in [0.29, 0.717) is 12.1 Å². The minimum atomic E-state index is -1.48. The van der Waals surface area contributed by atoms with E-state index in [1.807, 2.05) is 6.92 Å². The number of methoxy groups -OCH3 is 2. The second kappa shape index (κ2) is 12.4. The molecule has 0 aromatic heterocycles. The van der Waals surface area contributed by atoms with Gasteiger partial charge >= 0.3 is 23.9 Å². The minimum Gasteiger partial charge on any atom is -0.466 e. The molecule has 2 rings (SSSR count). The smallest absolute Gasteiger partial charge is 0.338 e. The van der Waals surface area contributed by atoms with Crippen LogP contribution < -0.4 is 0 Å². The van der Waals surface area contributed by atoms with Gasteiger partial charge in [-0.05, 0) is 58.1 Å². The molecule has 1 fully saturated rings. The molecule has 1 aliphatic heterocycles. The first kappa shape index (κ1) is 27.1. The average Bonchev–Trinajstić information content (AvgIpc) is 3.36. The molecule has 0 radical (unpaired) electrons.